The van der Waals surface area contributed by atoms with Crippen molar-refractivity contribution in [2.24, 2.45) is 0 Å². The first-order valence-corrected chi connectivity index (χ1v) is 9.54. The lowest BCUT2D eigenvalue weighted by molar-refractivity contribution is 0.283. The Labute approximate surface area is 126 Å². The van der Waals surface area contributed by atoms with Gasteiger partial charge in [-0.3, -0.25) is 9.88 Å². The van der Waals surface area contributed by atoms with Crippen molar-refractivity contribution in [1.82, 2.24) is 15.2 Å². The molecule has 0 spiro atoms. The van der Waals surface area contributed by atoms with Gasteiger partial charge in [-0.2, -0.15) is 0 Å². The monoisotopic (exact) mass is 309 g/mol. The van der Waals surface area contributed by atoms with Crippen LogP contribution in [0.3, 0.4) is 0 Å². The molecule has 6 heteroatoms. The van der Waals surface area contributed by atoms with Gasteiger partial charge in [0.1, 0.15) is 0 Å². The van der Waals surface area contributed by atoms with Gasteiger partial charge < -0.3 is 5.32 Å². The predicted molar refractivity (Wildman–Crippen MR) is 82.6 cm³/mol. The molecule has 21 heavy (non-hydrogen) atoms. The lowest BCUT2D eigenvalue weighted by Gasteiger charge is -2.18. The number of sulfone groups is 1. The summed E-state index contributed by atoms with van der Waals surface area (Å²) in [7, 11) is -2.84. The molecular formula is C15H23N3O2S. The highest BCUT2D eigenvalue weighted by molar-refractivity contribution is 7.91. The molecule has 5 nitrogen and oxygen atoms in total. The molecule has 0 bridgehead atoms. The second-order valence-electron chi connectivity index (χ2n) is 6.06. The Hall–Kier alpha value is -0.980. The molecule has 0 radical (unpaired) electrons. The maximum absolute atomic E-state index is 11.6. The lowest BCUT2D eigenvalue weighted by Crippen LogP contribution is -2.27. The Bertz CT molecular complexity index is 584. The highest BCUT2D eigenvalue weighted by Gasteiger charge is 2.21. The first-order valence-electron chi connectivity index (χ1n) is 7.72. The van der Waals surface area contributed by atoms with Crippen LogP contribution in [0.2, 0.25) is 0 Å². The smallest absolute Gasteiger partial charge is 0.151 e. The van der Waals surface area contributed by atoms with Crippen molar-refractivity contribution in [3.05, 3.63) is 29.6 Å². The van der Waals surface area contributed by atoms with E-state index in [2.05, 4.69) is 15.2 Å². The third-order valence-corrected chi connectivity index (χ3v) is 5.76. The maximum atomic E-state index is 11.6. The quantitative estimate of drug-likeness (QED) is 0.877. The topological polar surface area (TPSA) is 62.3 Å². The zero-order valence-corrected chi connectivity index (χ0v) is 13.1. The summed E-state index contributed by atoms with van der Waals surface area (Å²) in [5, 5.41) is 3.47. The van der Waals surface area contributed by atoms with Crippen LogP contribution in [0.25, 0.3) is 0 Å². The summed E-state index contributed by atoms with van der Waals surface area (Å²) in [5.41, 5.74) is 2.10. The van der Waals surface area contributed by atoms with Crippen molar-refractivity contribution >= 4 is 9.84 Å². The summed E-state index contributed by atoms with van der Waals surface area (Å²) in [6.45, 7) is 3.03. The van der Waals surface area contributed by atoms with Gasteiger partial charge in [0.15, 0.2) is 9.84 Å². The van der Waals surface area contributed by atoms with Crippen molar-refractivity contribution in [3.63, 3.8) is 0 Å². The number of hydrogen-bond acceptors (Lipinski definition) is 5. The molecule has 0 atom stereocenters. The molecule has 2 aliphatic rings. The van der Waals surface area contributed by atoms with E-state index in [0.29, 0.717) is 18.3 Å². The second kappa shape index (κ2) is 6.42. The van der Waals surface area contributed by atoms with E-state index in [4.69, 9.17) is 0 Å². The van der Waals surface area contributed by atoms with E-state index in [1.54, 1.807) is 0 Å². The van der Waals surface area contributed by atoms with Crippen molar-refractivity contribution < 1.29 is 8.42 Å². The molecule has 1 aromatic rings. The average Bonchev–Trinajstić information content (AvgIpc) is 3.27. The zero-order chi connectivity index (χ0) is 14.7. The van der Waals surface area contributed by atoms with Crippen LogP contribution in [0.1, 0.15) is 30.7 Å². The summed E-state index contributed by atoms with van der Waals surface area (Å²) in [4.78, 5) is 6.88. The van der Waals surface area contributed by atoms with E-state index < -0.39 is 9.84 Å². The SMILES string of the molecule is O=S1(=O)CCCN(Cc2cccc(CNC3CC3)n2)CC1. The summed E-state index contributed by atoms with van der Waals surface area (Å²) in [6.07, 6.45) is 3.29. The maximum Gasteiger partial charge on any atom is 0.151 e. The van der Waals surface area contributed by atoms with Crippen LogP contribution >= 0.6 is 0 Å². The Kier molecular flexibility index (Phi) is 4.57. The van der Waals surface area contributed by atoms with Gasteiger partial charge in [-0.1, -0.05) is 6.07 Å². The van der Waals surface area contributed by atoms with E-state index in [9.17, 15) is 8.42 Å². The zero-order valence-electron chi connectivity index (χ0n) is 12.3. The van der Waals surface area contributed by atoms with Gasteiger partial charge in [0.05, 0.1) is 22.9 Å². The van der Waals surface area contributed by atoms with Gasteiger partial charge in [-0.15, -0.1) is 0 Å². The average molecular weight is 309 g/mol. The first kappa shape index (κ1) is 14.9. The standard InChI is InChI=1S/C15H23N3O2S/c19-21(20)9-2-7-18(8-10-21)12-15-4-1-3-14(17-15)11-16-13-5-6-13/h1,3-4,13,16H,2,5-12H2. The molecule has 0 unspecified atom stereocenters. The Morgan fingerprint density at radius 3 is 2.81 bits per heavy atom. The highest BCUT2D eigenvalue weighted by Crippen LogP contribution is 2.19. The van der Waals surface area contributed by atoms with Crippen molar-refractivity contribution in [1.29, 1.82) is 0 Å². The molecular weight excluding hydrogens is 286 g/mol. The normalized spacial score (nSPS) is 22.9. The molecule has 1 aromatic heterocycles. The number of nitrogens with zero attached hydrogens (tertiary/aromatic N) is 2. The molecule has 1 N–H and O–H groups in total. The van der Waals surface area contributed by atoms with E-state index in [1.807, 2.05) is 18.2 Å². The summed E-state index contributed by atoms with van der Waals surface area (Å²) < 4.78 is 23.3. The number of nitrogens with one attached hydrogen (secondary N) is 1. The largest absolute Gasteiger partial charge is 0.308 e. The van der Waals surface area contributed by atoms with Gasteiger partial charge in [0.2, 0.25) is 0 Å². The highest BCUT2D eigenvalue weighted by atomic mass is 32.2. The van der Waals surface area contributed by atoms with Crippen molar-refractivity contribution in [2.45, 2.75) is 38.4 Å². The second-order valence-corrected chi connectivity index (χ2v) is 8.36. The Morgan fingerprint density at radius 1 is 1.19 bits per heavy atom. The number of pyridine rings is 1. The summed E-state index contributed by atoms with van der Waals surface area (Å²) in [6, 6.07) is 6.80. The first-order chi connectivity index (χ1) is 10.1. The van der Waals surface area contributed by atoms with Gasteiger partial charge in [0, 0.05) is 25.7 Å². The Balaban J connectivity index is 1.57. The molecule has 1 aliphatic carbocycles. The van der Waals surface area contributed by atoms with Crippen LogP contribution in [0.5, 0.6) is 0 Å². The third-order valence-electron chi connectivity index (χ3n) is 4.05. The lowest BCUT2D eigenvalue weighted by atomic mass is 10.2. The molecule has 3 rings (SSSR count). The van der Waals surface area contributed by atoms with Crippen LogP contribution in [-0.2, 0) is 22.9 Å². The van der Waals surface area contributed by atoms with Gasteiger partial charge in [-0.05, 0) is 37.9 Å². The molecule has 116 valence electrons. The Morgan fingerprint density at radius 2 is 2.00 bits per heavy atom. The van der Waals surface area contributed by atoms with Crippen molar-refractivity contribution in [3.8, 4) is 0 Å². The minimum atomic E-state index is -2.84. The molecule has 1 aliphatic heterocycles. The van der Waals surface area contributed by atoms with E-state index in [-0.39, 0.29) is 5.75 Å². The van der Waals surface area contributed by atoms with Gasteiger partial charge in [0.25, 0.3) is 0 Å². The number of rotatable bonds is 5. The van der Waals surface area contributed by atoms with Gasteiger partial charge >= 0.3 is 0 Å². The minimum absolute atomic E-state index is 0.274. The summed E-state index contributed by atoms with van der Waals surface area (Å²) in [5.74, 6) is 0.595. The van der Waals surface area contributed by atoms with Crippen LogP contribution in [0, 0.1) is 0 Å². The predicted octanol–water partition coefficient (Wildman–Crippen LogP) is 0.954. The number of hydrogen-bond donors (Lipinski definition) is 1. The van der Waals surface area contributed by atoms with Gasteiger partial charge in [-0.25, -0.2) is 8.42 Å². The molecule has 0 aromatic carbocycles. The van der Waals surface area contributed by atoms with Crippen LogP contribution in [0.15, 0.2) is 18.2 Å². The minimum Gasteiger partial charge on any atom is -0.308 e. The fourth-order valence-electron chi connectivity index (χ4n) is 2.63. The van der Waals surface area contributed by atoms with Crippen molar-refractivity contribution in [2.75, 3.05) is 24.6 Å². The summed E-state index contributed by atoms with van der Waals surface area (Å²) >= 11 is 0. The fraction of sp³-hybridized carbons (Fsp3) is 0.667. The van der Waals surface area contributed by atoms with E-state index >= 15 is 0 Å². The molecule has 2 fully saturated rings. The third kappa shape index (κ3) is 4.76. The number of aromatic nitrogens is 1. The molecule has 1 saturated carbocycles. The molecule has 1 saturated heterocycles. The van der Waals surface area contributed by atoms with Crippen LogP contribution in [-0.4, -0.2) is 48.9 Å². The van der Waals surface area contributed by atoms with Crippen LogP contribution < -0.4 is 5.32 Å². The van der Waals surface area contributed by atoms with E-state index in [1.165, 1.54) is 12.8 Å². The molecule has 0 amide bonds. The van der Waals surface area contributed by atoms with Crippen LogP contribution in [0.4, 0.5) is 0 Å². The van der Waals surface area contributed by atoms with E-state index in [0.717, 1.165) is 37.4 Å². The fourth-order valence-corrected chi connectivity index (χ4v) is 3.94. The molecule has 2 heterocycles.